The van der Waals surface area contributed by atoms with Gasteiger partial charge in [-0.3, -0.25) is 4.79 Å². The number of hydrogen-bond donors (Lipinski definition) is 1. The van der Waals surface area contributed by atoms with Crippen molar-refractivity contribution in [3.63, 3.8) is 0 Å². The van der Waals surface area contributed by atoms with E-state index in [9.17, 15) is 14.7 Å². The van der Waals surface area contributed by atoms with Gasteiger partial charge in [0.2, 0.25) is 0 Å². The van der Waals surface area contributed by atoms with E-state index in [1.54, 1.807) is 19.1 Å². The van der Waals surface area contributed by atoms with E-state index in [2.05, 4.69) is 4.74 Å². The van der Waals surface area contributed by atoms with E-state index < -0.39 is 5.97 Å². The maximum Gasteiger partial charge on any atom is 0.330 e. The highest BCUT2D eigenvalue weighted by atomic mass is 16.5. The van der Waals surface area contributed by atoms with Gasteiger partial charge in [0.1, 0.15) is 5.75 Å². The molecule has 0 aliphatic rings. The Morgan fingerprint density at radius 1 is 1.44 bits per heavy atom. The molecular formula is C12H12O4. The summed E-state index contributed by atoms with van der Waals surface area (Å²) in [6.07, 6.45) is 3.16. The fraction of sp³-hybridized carbons (Fsp3) is 0.167. The van der Waals surface area contributed by atoms with Crippen molar-refractivity contribution < 1.29 is 19.4 Å². The van der Waals surface area contributed by atoms with E-state index in [4.69, 9.17) is 0 Å². The number of carbonyl (C=O) groups is 2. The molecule has 0 saturated carbocycles. The summed E-state index contributed by atoms with van der Waals surface area (Å²) in [5, 5.41) is 9.60. The van der Waals surface area contributed by atoms with Crippen LogP contribution in [0.4, 0.5) is 0 Å². The van der Waals surface area contributed by atoms with E-state index in [1.165, 1.54) is 18.2 Å². The largest absolute Gasteiger partial charge is 0.507 e. The van der Waals surface area contributed by atoms with Crippen LogP contribution in [0.25, 0.3) is 6.08 Å². The van der Waals surface area contributed by atoms with Gasteiger partial charge in [0.25, 0.3) is 0 Å². The van der Waals surface area contributed by atoms with E-state index >= 15 is 0 Å². The summed E-state index contributed by atoms with van der Waals surface area (Å²) < 4.78 is 4.68. The van der Waals surface area contributed by atoms with Crippen molar-refractivity contribution in [2.24, 2.45) is 0 Å². The van der Waals surface area contributed by atoms with Crippen LogP contribution in [0.15, 0.2) is 24.3 Å². The second-order valence-corrected chi connectivity index (χ2v) is 2.99. The lowest BCUT2D eigenvalue weighted by atomic mass is 10.1. The Kier molecular flexibility index (Phi) is 4.27. The summed E-state index contributed by atoms with van der Waals surface area (Å²) in [5.74, 6) is -0.628. The van der Waals surface area contributed by atoms with Crippen LogP contribution in [0.5, 0.6) is 5.75 Å². The zero-order chi connectivity index (χ0) is 12.0. The topological polar surface area (TPSA) is 63.6 Å². The van der Waals surface area contributed by atoms with Gasteiger partial charge in [-0.25, -0.2) is 4.79 Å². The second-order valence-electron chi connectivity index (χ2n) is 2.99. The monoisotopic (exact) mass is 220 g/mol. The first kappa shape index (κ1) is 12.0. The molecule has 0 radical (unpaired) electrons. The van der Waals surface area contributed by atoms with Gasteiger partial charge in [-0.15, -0.1) is 0 Å². The van der Waals surface area contributed by atoms with Crippen molar-refractivity contribution in [1.29, 1.82) is 0 Å². The van der Waals surface area contributed by atoms with Crippen molar-refractivity contribution in [3.8, 4) is 5.75 Å². The number of ether oxygens (including phenoxy) is 1. The third kappa shape index (κ3) is 2.95. The predicted octanol–water partition coefficient (Wildman–Crippen LogP) is 1.78. The molecule has 0 aliphatic carbocycles. The lowest BCUT2D eigenvalue weighted by molar-refractivity contribution is -0.137. The highest BCUT2D eigenvalue weighted by molar-refractivity contribution is 5.89. The molecule has 0 heterocycles. The van der Waals surface area contributed by atoms with Crippen LogP contribution in [-0.4, -0.2) is 24.0 Å². The average Bonchev–Trinajstić information content (AvgIpc) is 2.28. The molecule has 4 heteroatoms. The molecule has 0 aromatic heterocycles. The Labute approximate surface area is 93.2 Å². The van der Waals surface area contributed by atoms with Crippen LogP contribution in [-0.2, 0) is 9.53 Å². The van der Waals surface area contributed by atoms with Crippen molar-refractivity contribution in [2.45, 2.75) is 6.92 Å². The third-order valence-corrected chi connectivity index (χ3v) is 1.91. The summed E-state index contributed by atoms with van der Waals surface area (Å²) >= 11 is 0. The number of phenols is 1. The van der Waals surface area contributed by atoms with Gasteiger partial charge in [0.05, 0.1) is 12.2 Å². The molecule has 1 rings (SSSR count). The highest BCUT2D eigenvalue weighted by Crippen LogP contribution is 2.21. The summed E-state index contributed by atoms with van der Waals surface area (Å²) in [4.78, 5) is 21.6. The normalized spacial score (nSPS) is 10.3. The molecule has 1 aromatic carbocycles. The minimum Gasteiger partial charge on any atom is -0.507 e. The minimum absolute atomic E-state index is 0.141. The van der Waals surface area contributed by atoms with Crippen LogP contribution < -0.4 is 0 Å². The third-order valence-electron chi connectivity index (χ3n) is 1.91. The number of aromatic hydroxyl groups is 1. The van der Waals surface area contributed by atoms with Gasteiger partial charge < -0.3 is 9.84 Å². The number of carbonyl (C=O) groups excluding carboxylic acids is 2. The lowest BCUT2D eigenvalue weighted by Crippen LogP contribution is -1.98. The fourth-order valence-electron chi connectivity index (χ4n) is 1.16. The molecule has 4 nitrogen and oxygen atoms in total. The molecule has 0 amide bonds. The number of para-hydroxylation sites is 1. The molecule has 16 heavy (non-hydrogen) atoms. The van der Waals surface area contributed by atoms with Gasteiger partial charge in [0.15, 0.2) is 6.29 Å². The number of benzene rings is 1. The van der Waals surface area contributed by atoms with Gasteiger partial charge in [-0.05, 0) is 19.1 Å². The molecule has 1 aromatic rings. The Balaban J connectivity index is 2.89. The van der Waals surface area contributed by atoms with Crippen LogP contribution >= 0.6 is 0 Å². The van der Waals surface area contributed by atoms with Crippen molar-refractivity contribution in [2.75, 3.05) is 6.61 Å². The highest BCUT2D eigenvalue weighted by Gasteiger charge is 2.03. The van der Waals surface area contributed by atoms with Crippen molar-refractivity contribution in [3.05, 3.63) is 35.4 Å². The molecule has 0 aliphatic heterocycles. The van der Waals surface area contributed by atoms with Crippen molar-refractivity contribution in [1.82, 2.24) is 0 Å². The SMILES string of the molecule is CCOC(=O)C=Cc1cccc(C=O)c1O. The first-order valence-electron chi connectivity index (χ1n) is 4.81. The molecule has 1 N–H and O–H groups in total. The predicted molar refractivity (Wildman–Crippen MR) is 59.2 cm³/mol. The molecule has 0 unspecified atom stereocenters. The Morgan fingerprint density at radius 2 is 2.12 bits per heavy atom. The zero-order valence-corrected chi connectivity index (χ0v) is 8.84. The molecule has 84 valence electrons. The van der Waals surface area contributed by atoms with Crippen LogP contribution in [0.1, 0.15) is 22.8 Å². The number of hydrogen-bond acceptors (Lipinski definition) is 4. The van der Waals surface area contributed by atoms with Crippen molar-refractivity contribution >= 4 is 18.3 Å². The van der Waals surface area contributed by atoms with E-state index in [1.807, 2.05) is 0 Å². The van der Waals surface area contributed by atoms with Crippen LogP contribution in [0.2, 0.25) is 0 Å². The summed E-state index contributed by atoms with van der Waals surface area (Å²) in [5.41, 5.74) is 0.587. The van der Waals surface area contributed by atoms with E-state index in [0.717, 1.165) is 0 Å². The molecule has 0 fully saturated rings. The molecule has 0 bridgehead atoms. The molecular weight excluding hydrogens is 208 g/mol. The quantitative estimate of drug-likeness (QED) is 0.477. The first-order valence-corrected chi connectivity index (χ1v) is 4.81. The minimum atomic E-state index is -0.488. The van der Waals surface area contributed by atoms with Crippen LogP contribution in [0, 0.1) is 0 Å². The zero-order valence-electron chi connectivity index (χ0n) is 8.84. The molecule has 0 saturated heterocycles. The Morgan fingerprint density at radius 3 is 2.75 bits per heavy atom. The number of aldehydes is 1. The van der Waals surface area contributed by atoms with Gasteiger partial charge in [0, 0.05) is 11.6 Å². The van der Waals surface area contributed by atoms with E-state index in [-0.39, 0.29) is 11.3 Å². The Hall–Kier alpha value is -2.10. The standard InChI is InChI=1S/C12H12O4/c1-2-16-11(14)7-6-9-4-3-5-10(8-13)12(9)15/h3-8,15H,2H2,1H3. The number of esters is 1. The summed E-state index contributed by atoms with van der Waals surface area (Å²) in [7, 11) is 0. The van der Waals surface area contributed by atoms with Gasteiger partial charge in [-0.2, -0.15) is 0 Å². The maximum atomic E-state index is 11.0. The number of phenolic OH excluding ortho intramolecular Hbond substituents is 1. The smallest absolute Gasteiger partial charge is 0.330 e. The first-order chi connectivity index (χ1) is 7.69. The van der Waals surface area contributed by atoms with E-state index in [0.29, 0.717) is 18.5 Å². The lowest BCUT2D eigenvalue weighted by Gasteiger charge is -2.01. The molecule has 0 spiro atoms. The average molecular weight is 220 g/mol. The Bertz CT molecular complexity index is 421. The van der Waals surface area contributed by atoms with Gasteiger partial charge >= 0.3 is 5.97 Å². The molecule has 0 atom stereocenters. The van der Waals surface area contributed by atoms with Gasteiger partial charge in [-0.1, -0.05) is 12.1 Å². The number of rotatable bonds is 4. The second kappa shape index (κ2) is 5.70. The summed E-state index contributed by atoms with van der Waals surface area (Å²) in [6, 6.07) is 4.70. The maximum absolute atomic E-state index is 11.0. The van der Waals surface area contributed by atoms with Crippen LogP contribution in [0.3, 0.4) is 0 Å². The summed E-state index contributed by atoms with van der Waals surface area (Å²) in [6.45, 7) is 2.00. The fourth-order valence-corrected chi connectivity index (χ4v) is 1.16.